The maximum atomic E-state index is 12.8. The Morgan fingerprint density at radius 2 is 1.80 bits per heavy atom. The first kappa shape index (κ1) is 21.7. The van der Waals surface area contributed by atoms with E-state index in [1.165, 1.54) is 6.92 Å². The van der Waals surface area contributed by atoms with Crippen molar-refractivity contribution < 1.29 is 23.8 Å². The Bertz CT molecular complexity index is 906. The van der Waals surface area contributed by atoms with Crippen molar-refractivity contribution in [1.29, 1.82) is 0 Å². The minimum atomic E-state index is -0.363. The van der Waals surface area contributed by atoms with Crippen molar-refractivity contribution in [2.24, 2.45) is 5.92 Å². The van der Waals surface area contributed by atoms with Gasteiger partial charge in [0.05, 0.1) is 14.2 Å². The third-order valence-corrected chi connectivity index (χ3v) is 5.33. The summed E-state index contributed by atoms with van der Waals surface area (Å²) in [5, 5.41) is 0. The third-order valence-electron chi connectivity index (χ3n) is 5.33. The van der Waals surface area contributed by atoms with Gasteiger partial charge in [-0.25, -0.2) is 0 Å². The number of carbonyl (C=O) groups is 2. The van der Waals surface area contributed by atoms with Gasteiger partial charge in [0.2, 0.25) is 5.91 Å². The number of nitrogens with zero attached hydrogens (tertiary/aromatic N) is 1. The molecule has 30 heavy (non-hydrogen) atoms. The topological polar surface area (TPSA) is 65.1 Å². The molecule has 0 aliphatic heterocycles. The quantitative estimate of drug-likeness (QED) is 0.579. The molecule has 0 unspecified atom stereocenters. The molecule has 1 saturated carbocycles. The van der Waals surface area contributed by atoms with Crippen LogP contribution in [0.15, 0.2) is 36.4 Å². The first-order valence-corrected chi connectivity index (χ1v) is 10.2. The van der Waals surface area contributed by atoms with Crippen molar-refractivity contribution >= 4 is 11.9 Å². The van der Waals surface area contributed by atoms with E-state index < -0.39 is 0 Å². The highest BCUT2D eigenvalue weighted by atomic mass is 16.5. The summed E-state index contributed by atoms with van der Waals surface area (Å²) in [6.45, 7) is 4.47. The molecule has 1 fully saturated rings. The lowest BCUT2D eigenvalue weighted by molar-refractivity contribution is -0.142. The second kappa shape index (κ2) is 9.65. The highest BCUT2D eigenvalue weighted by molar-refractivity contribution is 5.83. The number of esters is 1. The molecule has 160 valence electrons. The molecule has 6 heteroatoms. The van der Waals surface area contributed by atoms with Gasteiger partial charge in [0, 0.05) is 31.5 Å². The Morgan fingerprint density at radius 1 is 1.10 bits per heavy atom. The molecule has 0 atom stereocenters. The van der Waals surface area contributed by atoms with Gasteiger partial charge in [0.25, 0.3) is 0 Å². The number of amides is 1. The van der Waals surface area contributed by atoms with Crippen molar-refractivity contribution in [2.45, 2.75) is 39.8 Å². The molecule has 1 aliphatic rings. The van der Waals surface area contributed by atoms with Crippen LogP contribution in [-0.2, 0) is 27.5 Å². The van der Waals surface area contributed by atoms with Crippen LogP contribution >= 0.6 is 0 Å². The summed E-state index contributed by atoms with van der Waals surface area (Å²) in [6.07, 6.45) is 1.90. The summed E-state index contributed by atoms with van der Waals surface area (Å²) < 4.78 is 16.7. The zero-order valence-electron chi connectivity index (χ0n) is 18.1. The SMILES string of the molecule is CCN(Cc1c(COC(C)=O)cc(OC)c(OC)c1-c1ccccc1)C(=O)C1CC1. The van der Waals surface area contributed by atoms with E-state index in [2.05, 4.69) is 0 Å². The van der Waals surface area contributed by atoms with E-state index in [4.69, 9.17) is 14.2 Å². The molecule has 2 aromatic carbocycles. The molecule has 3 rings (SSSR count). The van der Waals surface area contributed by atoms with Crippen molar-refractivity contribution in [2.75, 3.05) is 20.8 Å². The number of ether oxygens (including phenoxy) is 3. The van der Waals surface area contributed by atoms with Gasteiger partial charge in [-0.3, -0.25) is 9.59 Å². The lowest BCUT2D eigenvalue weighted by atomic mass is 9.93. The molecule has 0 aromatic heterocycles. The third kappa shape index (κ3) is 4.75. The van der Waals surface area contributed by atoms with Crippen LogP contribution < -0.4 is 9.47 Å². The van der Waals surface area contributed by atoms with Gasteiger partial charge in [0.1, 0.15) is 6.61 Å². The number of methoxy groups -OCH3 is 2. The first-order chi connectivity index (χ1) is 14.5. The predicted octanol–water partition coefficient (Wildman–Crippen LogP) is 4.19. The zero-order valence-corrected chi connectivity index (χ0v) is 18.1. The van der Waals surface area contributed by atoms with E-state index in [9.17, 15) is 9.59 Å². The average molecular weight is 411 g/mol. The van der Waals surface area contributed by atoms with Crippen LogP contribution in [0.2, 0.25) is 0 Å². The summed E-state index contributed by atoms with van der Waals surface area (Å²) in [6, 6.07) is 11.7. The van der Waals surface area contributed by atoms with Crippen molar-refractivity contribution in [3.63, 3.8) is 0 Å². The Balaban J connectivity index is 2.17. The molecular formula is C24H29NO5. The maximum Gasteiger partial charge on any atom is 0.302 e. The highest BCUT2D eigenvalue weighted by Gasteiger charge is 2.34. The van der Waals surface area contributed by atoms with Crippen LogP contribution in [0.25, 0.3) is 11.1 Å². The Morgan fingerprint density at radius 3 is 2.33 bits per heavy atom. The van der Waals surface area contributed by atoms with E-state index in [-0.39, 0.29) is 24.4 Å². The van der Waals surface area contributed by atoms with E-state index in [0.29, 0.717) is 24.6 Å². The fraction of sp³-hybridized carbons (Fsp3) is 0.417. The van der Waals surface area contributed by atoms with E-state index in [1.807, 2.05) is 48.2 Å². The Kier molecular flexibility index (Phi) is 6.98. The van der Waals surface area contributed by atoms with Gasteiger partial charge in [-0.1, -0.05) is 30.3 Å². The number of hydrogen-bond acceptors (Lipinski definition) is 5. The van der Waals surface area contributed by atoms with E-state index in [1.54, 1.807) is 14.2 Å². The molecule has 1 amide bonds. The minimum absolute atomic E-state index is 0.0972. The van der Waals surface area contributed by atoms with Crippen molar-refractivity contribution in [3.05, 3.63) is 47.5 Å². The molecular weight excluding hydrogens is 382 g/mol. The number of rotatable bonds is 9. The molecule has 6 nitrogen and oxygen atoms in total. The van der Waals surface area contributed by atoms with Crippen molar-refractivity contribution in [1.82, 2.24) is 4.90 Å². The van der Waals surface area contributed by atoms with Gasteiger partial charge < -0.3 is 19.1 Å². The fourth-order valence-corrected chi connectivity index (χ4v) is 3.61. The number of hydrogen-bond donors (Lipinski definition) is 0. The largest absolute Gasteiger partial charge is 0.493 e. The fourth-order valence-electron chi connectivity index (χ4n) is 3.61. The molecule has 0 N–H and O–H groups in total. The van der Waals surface area contributed by atoms with Crippen LogP contribution in [0.1, 0.15) is 37.8 Å². The summed E-state index contributed by atoms with van der Waals surface area (Å²) in [4.78, 5) is 26.2. The average Bonchev–Trinajstić information content (AvgIpc) is 3.61. The zero-order chi connectivity index (χ0) is 21.7. The van der Waals surface area contributed by atoms with Gasteiger partial charge in [0.15, 0.2) is 11.5 Å². The Labute approximate surface area is 177 Å². The van der Waals surface area contributed by atoms with Gasteiger partial charge in [-0.15, -0.1) is 0 Å². The molecule has 0 heterocycles. The number of carbonyl (C=O) groups excluding carboxylic acids is 2. The predicted molar refractivity (Wildman–Crippen MR) is 114 cm³/mol. The number of benzene rings is 2. The van der Waals surface area contributed by atoms with Crippen LogP contribution in [0.4, 0.5) is 0 Å². The standard InChI is InChI=1S/C24H29NO5/c1-5-25(24(27)18-11-12-18)14-20-19(15-30-16(2)26)13-21(28-3)23(29-4)22(20)17-9-7-6-8-10-17/h6-10,13,18H,5,11-12,14-15H2,1-4H3. The van der Waals surface area contributed by atoms with Crippen molar-refractivity contribution in [3.8, 4) is 22.6 Å². The lowest BCUT2D eigenvalue weighted by Gasteiger charge is -2.26. The monoisotopic (exact) mass is 411 g/mol. The smallest absolute Gasteiger partial charge is 0.302 e. The first-order valence-electron chi connectivity index (χ1n) is 10.2. The maximum absolute atomic E-state index is 12.8. The summed E-state index contributed by atoms with van der Waals surface area (Å²) in [5.74, 6) is 1.09. The molecule has 0 radical (unpaired) electrons. The van der Waals surface area contributed by atoms with Crippen LogP contribution in [-0.4, -0.2) is 37.5 Å². The summed E-state index contributed by atoms with van der Waals surface area (Å²) in [7, 11) is 3.18. The van der Waals surface area contributed by atoms with Gasteiger partial charge in [-0.2, -0.15) is 0 Å². The highest BCUT2D eigenvalue weighted by Crippen LogP contribution is 2.44. The van der Waals surface area contributed by atoms with Crippen LogP contribution in [0.3, 0.4) is 0 Å². The van der Waals surface area contributed by atoms with Crippen LogP contribution in [0, 0.1) is 5.92 Å². The van der Waals surface area contributed by atoms with E-state index >= 15 is 0 Å². The normalized spacial score (nSPS) is 12.9. The van der Waals surface area contributed by atoms with Gasteiger partial charge in [-0.05, 0) is 42.5 Å². The molecule has 0 spiro atoms. The van der Waals surface area contributed by atoms with Crippen LogP contribution in [0.5, 0.6) is 11.5 Å². The summed E-state index contributed by atoms with van der Waals surface area (Å²) >= 11 is 0. The minimum Gasteiger partial charge on any atom is -0.493 e. The Hall–Kier alpha value is -3.02. The second-order valence-electron chi connectivity index (χ2n) is 7.40. The lowest BCUT2D eigenvalue weighted by Crippen LogP contribution is -2.32. The second-order valence-corrected chi connectivity index (χ2v) is 7.40. The molecule has 0 bridgehead atoms. The summed E-state index contributed by atoms with van der Waals surface area (Å²) in [5.41, 5.74) is 3.49. The van der Waals surface area contributed by atoms with Gasteiger partial charge >= 0.3 is 5.97 Å². The molecule has 0 saturated heterocycles. The van der Waals surface area contributed by atoms with E-state index in [0.717, 1.165) is 35.1 Å². The molecule has 2 aromatic rings. The molecule has 1 aliphatic carbocycles.